The lowest BCUT2D eigenvalue weighted by molar-refractivity contribution is -0.133. The minimum absolute atomic E-state index is 0.0140. The summed E-state index contributed by atoms with van der Waals surface area (Å²) in [7, 11) is 0. The molecule has 4 atom stereocenters. The van der Waals surface area contributed by atoms with E-state index in [9.17, 15) is 9.59 Å². The zero-order valence-corrected chi connectivity index (χ0v) is 15.8. The topological polar surface area (TPSA) is 70.2 Å². The van der Waals surface area contributed by atoms with Gasteiger partial charge in [0, 0.05) is 23.6 Å². The molecular weight excluding hydrogens is 338 g/mol. The Labute approximate surface area is 160 Å². The number of rotatable bonds is 2. The lowest BCUT2D eigenvalue weighted by Crippen LogP contribution is -2.68. The fourth-order valence-corrected chi connectivity index (χ4v) is 6.02. The van der Waals surface area contributed by atoms with Crippen molar-refractivity contribution in [3.05, 3.63) is 29.8 Å². The van der Waals surface area contributed by atoms with Gasteiger partial charge in [-0.05, 0) is 56.6 Å². The van der Waals surface area contributed by atoms with Crippen LogP contribution in [0.5, 0.6) is 0 Å². The van der Waals surface area contributed by atoms with E-state index in [2.05, 4.69) is 16.0 Å². The van der Waals surface area contributed by atoms with Crippen LogP contribution in [0.4, 0.5) is 5.69 Å². The first-order valence-corrected chi connectivity index (χ1v) is 10.6. The highest BCUT2D eigenvalue weighted by Gasteiger charge is 2.55. The molecule has 0 saturated heterocycles. The summed E-state index contributed by atoms with van der Waals surface area (Å²) >= 11 is 0. The van der Waals surface area contributed by atoms with Crippen molar-refractivity contribution in [1.82, 2.24) is 10.6 Å². The molecule has 4 saturated carbocycles. The minimum Gasteiger partial charge on any atom is -0.362 e. The van der Waals surface area contributed by atoms with Crippen LogP contribution in [0.15, 0.2) is 24.3 Å². The molecule has 1 aliphatic heterocycles. The van der Waals surface area contributed by atoms with Crippen molar-refractivity contribution in [3.8, 4) is 0 Å². The molecule has 1 aromatic carbocycles. The van der Waals surface area contributed by atoms with Gasteiger partial charge in [-0.15, -0.1) is 0 Å². The summed E-state index contributed by atoms with van der Waals surface area (Å²) in [5.74, 6) is 1.03. The summed E-state index contributed by atoms with van der Waals surface area (Å²) in [6, 6.07) is 8.10. The number of carbonyl (C=O) groups excluding carboxylic acids is 2. The molecule has 2 bridgehead atoms. The largest absolute Gasteiger partial charge is 0.362 e. The van der Waals surface area contributed by atoms with Crippen molar-refractivity contribution in [2.24, 2.45) is 17.8 Å². The molecule has 1 spiro atoms. The molecule has 3 N–H and O–H groups in total. The quantitative estimate of drug-likeness (QED) is 0.750. The molecule has 6 rings (SSSR count). The van der Waals surface area contributed by atoms with Crippen molar-refractivity contribution in [3.63, 3.8) is 0 Å². The number of benzene rings is 1. The molecule has 0 radical (unpaired) electrons. The first-order chi connectivity index (χ1) is 13.1. The molecule has 0 unspecified atom stereocenters. The van der Waals surface area contributed by atoms with Gasteiger partial charge in [0.1, 0.15) is 5.66 Å². The molecule has 4 aliphatic carbocycles. The lowest BCUT2D eigenvalue weighted by Gasteiger charge is -2.56. The average molecular weight is 367 g/mol. The molecule has 5 nitrogen and oxygen atoms in total. The second-order valence-corrected chi connectivity index (χ2v) is 9.02. The highest BCUT2D eigenvalue weighted by atomic mass is 16.2. The maximum Gasteiger partial charge on any atom is 0.255 e. The van der Waals surface area contributed by atoms with Crippen LogP contribution in [0.25, 0.3) is 0 Å². The highest BCUT2D eigenvalue weighted by molar-refractivity contribution is 6.02. The Bertz CT molecular complexity index is 758. The summed E-state index contributed by atoms with van der Waals surface area (Å²) < 4.78 is 0. The second-order valence-electron chi connectivity index (χ2n) is 9.02. The summed E-state index contributed by atoms with van der Waals surface area (Å²) in [5.41, 5.74) is 1.27. The minimum atomic E-state index is -0.379. The van der Waals surface area contributed by atoms with Crippen LogP contribution in [0.2, 0.25) is 0 Å². The van der Waals surface area contributed by atoms with Gasteiger partial charge in [0.15, 0.2) is 0 Å². The molecule has 0 aromatic heterocycles. The number of amides is 2. The molecule has 1 aromatic rings. The summed E-state index contributed by atoms with van der Waals surface area (Å²) in [6.07, 6.45) is 9.92. The SMILES string of the molecule is O=C1N[C@@]2(C[C@H]3CC[C@@H]2C[C@@H]3C(=O)NC2CCCCC2)Nc2ccccc21. The number of nitrogens with one attached hydrogen (secondary N) is 3. The fourth-order valence-electron chi connectivity index (χ4n) is 6.02. The van der Waals surface area contributed by atoms with Crippen LogP contribution < -0.4 is 16.0 Å². The van der Waals surface area contributed by atoms with E-state index in [1.807, 2.05) is 24.3 Å². The number of anilines is 1. The van der Waals surface area contributed by atoms with E-state index in [4.69, 9.17) is 0 Å². The van der Waals surface area contributed by atoms with Gasteiger partial charge in [0.25, 0.3) is 5.91 Å². The standard InChI is InChI=1S/C22H29N3O2/c26-20(23-16-6-2-1-3-7-16)18-12-15-11-10-14(18)13-22(15)24-19-9-5-4-8-17(19)21(27)25-22/h4-5,8-9,14-16,18,24H,1-3,6-7,10-13H2,(H,23,26)(H,25,27)/t14-,15-,18+,22-/m1/s1. The van der Waals surface area contributed by atoms with Gasteiger partial charge in [-0.3, -0.25) is 9.59 Å². The molecular formula is C22H29N3O2. The Hall–Kier alpha value is -2.04. The van der Waals surface area contributed by atoms with Crippen molar-refractivity contribution >= 4 is 17.5 Å². The first-order valence-electron chi connectivity index (χ1n) is 10.6. The lowest BCUT2D eigenvalue weighted by atomic mass is 9.58. The summed E-state index contributed by atoms with van der Waals surface area (Å²) in [5, 5.41) is 10.3. The molecule has 2 amide bonds. The molecule has 1 heterocycles. The van der Waals surface area contributed by atoms with Crippen molar-refractivity contribution in [2.75, 3.05) is 5.32 Å². The molecule has 144 valence electrons. The number of fused-ring (bicyclic) bond motifs is 3. The van der Waals surface area contributed by atoms with Crippen molar-refractivity contribution in [1.29, 1.82) is 0 Å². The first kappa shape index (κ1) is 17.1. The predicted octanol–water partition coefficient (Wildman–Crippen LogP) is 3.42. The van der Waals surface area contributed by atoms with Crippen LogP contribution in [-0.4, -0.2) is 23.5 Å². The van der Waals surface area contributed by atoms with E-state index in [0.29, 0.717) is 17.9 Å². The summed E-state index contributed by atoms with van der Waals surface area (Å²) in [4.78, 5) is 25.7. The second kappa shape index (κ2) is 6.54. The van der Waals surface area contributed by atoms with Gasteiger partial charge in [-0.2, -0.15) is 0 Å². The normalized spacial score (nSPS) is 35.3. The van der Waals surface area contributed by atoms with Crippen LogP contribution in [0, 0.1) is 17.8 Å². The number of hydrogen-bond acceptors (Lipinski definition) is 3. The van der Waals surface area contributed by atoms with Gasteiger partial charge in [0.2, 0.25) is 5.91 Å². The van der Waals surface area contributed by atoms with Gasteiger partial charge in [-0.1, -0.05) is 31.4 Å². The predicted molar refractivity (Wildman–Crippen MR) is 104 cm³/mol. The zero-order chi connectivity index (χ0) is 18.4. The molecule has 5 aliphatic rings. The molecule has 4 fully saturated rings. The Morgan fingerprint density at radius 3 is 2.63 bits per heavy atom. The van der Waals surface area contributed by atoms with E-state index in [0.717, 1.165) is 49.8 Å². The number of hydrogen-bond donors (Lipinski definition) is 3. The fraction of sp³-hybridized carbons (Fsp3) is 0.636. The van der Waals surface area contributed by atoms with E-state index in [1.54, 1.807) is 0 Å². The van der Waals surface area contributed by atoms with E-state index in [-0.39, 0.29) is 23.4 Å². The molecule has 5 heteroatoms. The Balaban J connectivity index is 1.32. The van der Waals surface area contributed by atoms with Gasteiger partial charge in [-0.25, -0.2) is 0 Å². The number of para-hydroxylation sites is 1. The van der Waals surface area contributed by atoms with Crippen molar-refractivity contribution < 1.29 is 9.59 Å². The highest BCUT2D eigenvalue weighted by Crippen LogP contribution is 2.51. The van der Waals surface area contributed by atoms with E-state index < -0.39 is 0 Å². The summed E-state index contributed by atoms with van der Waals surface area (Å²) in [6.45, 7) is 0. The van der Waals surface area contributed by atoms with Gasteiger partial charge >= 0.3 is 0 Å². The molecule has 27 heavy (non-hydrogen) atoms. The van der Waals surface area contributed by atoms with Gasteiger partial charge in [0.05, 0.1) is 5.56 Å². The van der Waals surface area contributed by atoms with E-state index in [1.165, 1.54) is 19.3 Å². The maximum atomic E-state index is 13.0. The van der Waals surface area contributed by atoms with E-state index >= 15 is 0 Å². The van der Waals surface area contributed by atoms with Gasteiger partial charge < -0.3 is 16.0 Å². The average Bonchev–Trinajstić information content (AvgIpc) is 2.69. The maximum absolute atomic E-state index is 13.0. The van der Waals surface area contributed by atoms with Crippen LogP contribution in [0.3, 0.4) is 0 Å². The third kappa shape index (κ3) is 2.91. The Morgan fingerprint density at radius 1 is 1.04 bits per heavy atom. The third-order valence-electron chi connectivity index (χ3n) is 7.43. The smallest absolute Gasteiger partial charge is 0.255 e. The van der Waals surface area contributed by atoms with Crippen LogP contribution >= 0.6 is 0 Å². The Morgan fingerprint density at radius 2 is 1.85 bits per heavy atom. The van der Waals surface area contributed by atoms with Crippen LogP contribution in [0.1, 0.15) is 68.1 Å². The monoisotopic (exact) mass is 367 g/mol. The third-order valence-corrected chi connectivity index (χ3v) is 7.43. The zero-order valence-electron chi connectivity index (χ0n) is 15.8. The Kier molecular flexibility index (Phi) is 4.14. The van der Waals surface area contributed by atoms with Crippen LogP contribution in [-0.2, 0) is 4.79 Å². The van der Waals surface area contributed by atoms with Crippen molar-refractivity contribution in [2.45, 2.75) is 69.5 Å². The number of carbonyl (C=O) groups is 2.